The highest BCUT2D eigenvalue weighted by atomic mass is 16.7. The molecule has 0 amide bonds. The molecular weight excluding hydrogens is 536 g/mol. The van der Waals surface area contributed by atoms with Crippen LogP contribution >= 0.6 is 0 Å². The molecule has 3 aliphatic heterocycles. The summed E-state index contributed by atoms with van der Waals surface area (Å²) in [6, 6.07) is 0. The zero-order valence-electron chi connectivity index (χ0n) is 26.2. The second-order valence-electron chi connectivity index (χ2n) is 13.3. The molecule has 1 aliphatic carbocycles. The Morgan fingerprint density at radius 2 is 1.79 bits per heavy atom. The van der Waals surface area contributed by atoms with Gasteiger partial charge in [0.2, 0.25) is 0 Å². The Labute approximate surface area is 250 Å². The highest BCUT2D eigenvalue weighted by Gasteiger charge is 2.53. The van der Waals surface area contributed by atoms with Crippen LogP contribution < -0.4 is 0 Å². The molecule has 11 unspecified atom stereocenters. The molecule has 1 spiro atoms. The van der Waals surface area contributed by atoms with Crippen molar-refractivity contribution in [2.45, 2.75) is 129 Å². The van der Waals surface area contributed by atoms with Crippen LogP contribution in [0.25, 0.3) is 0 Å². The Morgan fingerprint density at radius 1 is 1.07 bits per heavy atom. The van der Waals surface area contributed by atoms with Gasteiger partial charge in [0.05, 0.1) is 24.4 Å². The van der Waals surface area contributed by atoms with E-state index in [4.69, 9.17) is 14.2 Å². The van der Waals surface area contributed by atoms with E-state index in [-0.39, 0.29) is 55.0 Å². The molecule has 4 rings (SSSR count). The van der Waals surface area contributed by atoms with Crippen LogP contribution in [0.2, 0.25) is 0 Å². The van der Waals surface area contributed by atoms with Crippen molar-refractivity contribution in [3.8, 4) is 0 Å². The third-order valence-corrected chi connectivity index (χ3v) is 10.1. The van der Waals surface area contributed by atoms with Gasteiger partial charge in [0.1, 0.15) is 17.6 Å². The first-order chi connectivity index (χ1) is 19.7. The minimum absolute atomic E-state index is 0.0782. The molecule has 3 N–H and O–H groups in total. The molecule has 4 aliphatic rings. The van der Waals surface area contributed by atoms with Gasteiger partial charge in [-0.25, -0.2) is 0 Å². The third kappa shape index (κ3) is 6.68. The second kappa shape index (κ2) is 12.9. The van der Waals surface area contributed by atoms with Crippen LogP contribution in [-0.4, -0.2) is 69.0 Å². The summed E-state index contributed by atoms with van der Waals surface area (Å²) in [5.41, 5.74) is -0.0695. The lowest BCUT2D eigenvalue weighted by Crippen LogP contribution is -2.59. The summed E-state index contributed by atoms with van der Waals surface area (Å²) in [4.78, 5) is 26.6. The molecule has 3 heterocycles. The molecule has 234 valence electrons. The Morgan fingerprint density at radius 3 is 2.48 bits per heavy atom. The van der Waals surface area contributed by atoms with Crippen molar-refractivity contribution < 1.29 is 39.1 Å². The highest BCUT2D eigenvalue weighted by Crippen LogP contribution is 2.46. The van der Waals surface area contributed by atoms with Gasteiger partial charge in [0, 0.05) is 37.5 Å². The van der Waals surface area contributed by atoms with Crippen molar-refractivity contribution in [1.29, 1.82) is 0 Å². The van der Waals surface area contributed by atoms with Crippen molar-refractivity contribution in [2.75, 3.05) is 0 Å². The summed E-state index contributed by atoms with van der Waals surface area (Å²) >= 11 is 0. The van der Waals surface area contributed by atoms with E-state index >= 15 is 0 Å². The van der Waals surface area contributed by atoms with Gasteiger partial charge in [-0.3, -0.25) is 9.59 Å². The molecule has 0 aromatic heterocycles. The van der Waals surface area contributed by atoms with Gasteiger partial charge in [0.15, 0.2) is 11.6 Å². The molecular formula is C34H50O8. The van der Waals surface area contributed by atoms with E-state index in [9.17, 15) is 24.9 Å². The Balaban J connectivity index is 1.75. The molecule has 2 bridgehead atoms. The Kier molecular flexibility index (Phi) is 10.0. The lowest BCUT2D eigenvalue weighted by Gasteiger charge is -2.52. The molecule has 0 radical (unpaired) electrons. The van der Waals surface area contributed by atoms with E-state index in [1.807, 2.05) is 32.9 Å². The van der Waals surface area contributed by atoms with Crippen molar-refractivity contribution in [1.82, 2.24) is 0 Å². The second-order valence-corrected chi connectivity index (χ2v) is 13.3. The molecule has 42 heavy (non-hydrogen) atoms. The summed E-state index contributed by atoms with van der Waals surface area (Å²) in [5.74, 6) is -3.15. The first kappa shape index (κ1) is 32.8. The fraction of sp³-hybridized carbons (Fsp3) is 0.706. The van der Waals surface area contributed by atoms with Crippen molar-refractivity contribution in [2.24, 2.45) is 23.7 Å². The maximum absolute atomic E-state index is 13.8. The summed E-state index contributed by atoms with van der Waals surface area (Å²) in [7, 11) is 0. The number of carbonyl (C=O) groups is 2. The van der Waals surface area contributed by atoms with Gasteiger partial charge in [-0.2, -0.15) is 0 Å². The first-order valence-corrected chi connectivity index (χ1v) is 15.6. The smallest absolute Gasteiger partial charge is 0.316 e. The largest absolute Gasteiger partial charge is 0.462 e. The predicted octanol–water partition coefficient (Wildman–Crippen LogP) is 4.72. The zero-order valence-corrected chi connectivity index (χ0v) is 26.2. The number of aliphatic hydroxyl groups excluding tert-OH is 2. The predicted molar refractivity (Wildman–Crippen MR) is 159 cm³/mol. The number of aliphatic hydroxyl groups is 3. The SMILES string of the molecule is CCC(C)C1OC2(CC3CC(CC=C(C)C(O)C(C)C=CC=C(C)C4(O)CC(=O)C(C)=CC4C(=O)O3)O2)CC(O)C1C. The highest BCUT2D eigenvalue weighted by molar-refractivity contribution is 5.99. The van der Waals surface area contributed by atoms with Gasteiger partial charge in [-0.15, -0.1) is 0 Å². The fourth-order valence-corrected chi connectivity index (χ4v) is 6.90. The molecule has 11 atom stereocenters. The molecule has 0 aromatic rings. The number of carbonyl (C=O) groups excluding carboxylic acids is 2. The standard InChI is InChI=1S/C34H50O8/c1-8-19(2)31-24(7)29(36)17-33(42-31)16-26-15-25(41-33)13-12-21(4)30(37)20(3)10-9-11-23(6)34(39)18-28(35)22(5)14-27(34)32(38)40-26/h9-12,14,19-20,24-27,29-31,36-37,39H,8,13,15-18H2,1-7H3. The maximum Gasteiger partial charge on any atom is 0.316 e. The van der Waals surface area contributed by atoms with Crippen LogP contribution in [0.4, 0.5) is 0 Å². The number of hydrogen-bond donors (Lipinski definition) is 3. The molecule has 0 aromatic carbocycles. The summed E-state index contributed by atoms with van der Waals surface area (Å²) in [6.07, 6.45) is 8.21. The number of esters is 1. The van der Waals surface area contributed by atoms with Crippen LogP contribution in [0, 0.1) is 23.7 Å². The minimum Gasteiger partial charge on any atom is -0.462 e. The van der Waals surface area contributed by atoms with Crippen LogP contribution in [-0.2, 0) is 23.8 Å². The number of allylic oxidation sites excluding steroid dienone is 3. The van der Waals surface area contributed by atoms with Crippen molar-refractivity contribution in [3.05, 3.63) is 47.1 Å². The van der Waals surface area contributed by atoms with Crippen LogP contribution in [0.15, 0.2) is 47.1 Å². The van der Waals surface area contributed by atoms with E-state index < -0.39 is 41.6 Å². The zero-order chi connectivity index (χ0) is 31.0. The minimum atomic E-state index is -1.75. The summed E-state index contributed by atoms with van der Waals surface area (Å²) < 4.78 is 19.5. The lowest BCUT2D eigenvalue weighted by atomic mass is 9.72. The van der Waals surface area contributed by atoms with E-state index in [0.717, 1.165) is 12.0 Å². The van der Waals surface area contributed by atoms with Gasteiger partial charge in [-0.05, 0) is 49.8 Å². The van der Waals surface area contributed by atoms with E-state index in [1.54, 1.807) is 26.0 Å². The normalized spacial score (nSPS) is 42.7. The fourth-order valence-electron chi connectivity index (χ4n) is 6.90. The topological polar surface area (TPSA) is 123 Å². The lowest BCUT2D eigenvalue weighted by molar-refractivity contribution is -0.354. The monoisotopic (exact) mass is 586 g/mol. The number of rotatable bonds is 2. The van der Waals surface area contributed by atoms with E-state index in [0.29, 0.717) is 24.0 Å². The van der Waals surface area contributed by atoms with E-state index in [2.05, 4.69) is 13.8 Å². The third-order valence-electron chi connectivity index (χ3n) is 10.1. The maximum atomic E-state index is 13.8. The van der Waals surface area contributed by atoms with Gasteiger partial charge >= 0.3 is 5.97 Å². The average molecular weight is 587 g/mol. The van der Waals surface area contributed by atoms with Gasteiger partial charge in [0.25, 0.3) is 0 Å². The molecule has 0 saturated carbocycles. The molecule has 2 fully saturated rings. The molecule has 8 nitrogen and oxygen atoms in total. The number of Topliss-reactive ketones (excluding diaryl/α,β-unsaturated/α-hetero) is 1. The van der Waals surface area contributed by atoms with Crippen LogP contribution in [0.5, 0.6) is 0 Å². The van der Waals surface area contributed by atoms with Gasteiger partial charge < -0.3 is 29.5 Å². The number of ether oxygens (including phenoxy) is 3. The van der Waals surface area contributed by atoms with Gasteiger partial charge in [-0.1, -0.05) is 64.5 Å². The van der Waals surface area contributed by atoms with Crippen molar-refractivity contribution >= 4 is 11.8 Å². The number of ketones is 1. The molecule has 8 heteroatoms. The first-order valence-electron chi connectivity index (χ1n) is 15.6. The summed E-state index contributed by atoms with van der Waals surface area (Å²) in [6.45, 7) is 13.3. The number of fused-ring (bicyclic) bond motifs is 3. The van der Waals surface area contributed by atoms with Crippen LogP contribution in [0.1, 0.15) is 87.0 Å². The van der Waals surface area contributed by atoms with E-state index in [1.165, 1.54) is 6.08 Å². The Bertz CT molecular complexity index is 1150. The van der Waals surface area contributed by atoms with Crippen molar-refractivity contribution in [3.63, 3.8) is 0 Å². The molecule has 2 saturated heterocycles. The quantitative estimate of drug-likeness (QED) is 0.314. The average Bonchev–Trinajstić information content (AvgIpc) is 2.93. The number of hydrogen-bond acceptors (Lipinski definition) is 8. The van der Waals surface area contributed by atoms with Crippen LogP contribution in [0.3, 0.4) is 0 Å². The summed E-state index contributed by atoms with van der Waals surface area (Å²) in [5, 5.41) is 34.0. The Hall–Kier alpha value is -2.10.